The summed E-state index contributed by atoms with van der Waals surface area (Å²) in [5.74, 6) is -2.39. The number of rotatable bonds is 8. The van der Waals surface area contributed by atoms with Gasteiger partial charge in [-0.05, 0) is 12.8 Å². The van der Waals surface area contributed by atoms with E-state index in [2.05, 4.69) is 0 Å². The third-order valence-corrected chi connectivity index (χ3v) is 2.36. The van der Waals surface area contributed by atoms with E-state index in [0.29, 0.717) is 19.4 Å². The van der Waals surface area contributed by atoms with Gasteiger partial charge in [0.25, 0.3) is 0 Å². The number of carboxylic acid groups (broad SMARTS) is 1. The molecule has 0 amide bonds. The van der Waals surface area contributed by atoms with Crippen LogP contribution in [0.25, 0.3) is 0 Å². The Hall–Kier alpha value is -1.10. The number of unbranched alkanes of at least 4 members (excludes halogenated alkanes) is 1. The maximum Gasteiger partial charge on any atom is 0.321 e. The fraction of sp³-hybridized carbons (Fsp3) is 0.818. The van der Waals surface area contributed by atoms with Gasteiger partial charge in [0.05, 0.1) is 12.5 Å². The van der Waals surface area contributed by atoms with Crippen LogP contribution >= 0.6 is 0 Å². The van der Waals surface area contributed by atoms with Crippen molar-refractivity contribution < 1.29 is 19.4 Å². The molecule has 0 spiro atoms. The first-order valence-electron chi connectivity index (χ1n) is 5.69. The van der Waals surface area contributed by atoms with Crippen molar-refractivity contribution >= 4 is 11.9 Å². The number of nitrogens with two attached hydrogens (primary N) is 1. The molecule has 0 radical (unpaired) electrons. The third kappa shape index (κ3) is 5.11. The second-order valence-electron chi connectivity index (χ2n) is 3.78. The molecule has 0 saturated carbocycles. The molecule has 16 heavy (non-hydrogen) atoms. The normalized spacial score (nSPS) is 14.2. The average molecular weight is 231 g/mol. The molecule has 1 unspecified atom stereocenters. The minimum atomic E-state index is -1.17. The van der Waals surface area contributed by atoms with E-state index in [9.17, 15) is 9.59 Å². The summed E-state index contributed by atoms with van der Waals surface area (Å²) in [6, 6.07) is -1.17. The number of carbonyl (C=O) groups excluding carboxylic acids is 1. The van der Waals surface area contributed by atoms with E-state index < -0.39 is 23.9 Å². The molecule has 3 N–H and O–H groups in total. The van der Waals surface area contributed by atoms with E-state index in [4.69, 9.17) is 15.6 Å². The van der Waals surface area contributed by atoms with E-state index in [1.165, 1.54) is 0 Å². The maximum atomic E-state index is 11.6. The molecule has 0 aromatic rings. The Balaban J connectivity index is 4.28. The molecule has 0 aliphatic carbocycles. The highest BCUT2D eigenvalue weighted by molar-refractivity contribution is 5.83. The SMILES string of the molecule is CCCCOC(=O)C(CCC)[C@H](N)C(=O)O. The monoisotopic (exact) mass is 231 g/mol. The summed E-state index contributed by atoms with van der Waals surface area (Å²) >= 11 is 0. The second-order valence-corrected chi connectivity index (χ2v) is 3.78. The lowest BCUT2D eigenvalue weighted by Crippen LogP contribution is -2.42. The lowest BCUT2D eigenvalue weighted by Gasteiger charge is -2.18. The maximum absolute atomic E-state index is 11.6. The van der Waals surface area contributed by atoms with Crippen LogP contribution in [-0.4, -0.2) is 29.7 Å². The van der Waals surface area contributed by atoms with Crippen LogP contribution < -0.4 is 5.73 Å². The summed E-state index contributed by atoms with van der Waals surface area (Å²) in [7, 11) is 0. The third-order valence-electron chi connectivity index (χ3n) is 2.36. The summed E-state index contributed by atoms with van der Waals surface area (Å²) in [6.07, 6.45) is 2.86. The molecule has 0 rings (SSSR count). The Morgan fingerprint density at radius 3 is 2.38 bits per heavy atom. The molecule has 0 aromatic heterocycles. The smallest absolute Gasteiger partial charge is 0.321 e. The van der Waals surface area contributed by atoms with Crippen molar-refractivity contribution in [3.63, 3.8) is 0 Å². The Bertz CT molecular complexity index is 230. The van der Waals surface area contributed by atoms with Gasteiger partial charge in [-0.2, -0.15) is 0 Å². The lowest BCUT2D eigenvalue weighted by atomic mass is 9.95. The van der Waals surface area contributed by atoms with Gasteiger partial charge in [-0.3, -0.25) is 9.59 Å². The summed E-state index contributed by atoms with van der Waals surface area (Å²) < 4.78 is 4.99. The molecule has 0 aliphatic heterocycles. The van der Waals surface area contributed by atoms with Crippen LogP contribution in [0.3, 0.4) is 0 Å². The first kappa shape index (κ1) is 14.9. The van der Waals surface area contributed by atoms with Gasteiger partial charge in [0, 0.05) is 0 Å². The average Bonchev–Trinajstić information content (AvgIpc) is 2.25. The number of aliphatic carboxylic acids is 1. The first-order chi connectivity index (χ1) is 7.54. The molecular formula is C11H21NO4. The van der Waals surface area contributed by atoms with Crippen molar-refractivity contribution in [2.24, 2.45) is 11.7 Å². The Kier molecular flexibility index (Phi) is 7.54. The summed E-state index contributed by atoms with van der Waals surface area (Å²) in [4.78, 5) is 22.3. The minimum Gasteiger partial charge on any atom is -0.480 e. The largest absolute Gasteiger partial charge is 0.480 e. The number of carbonyl (C=O) groups is 2. The highest BCUT2D eigenvalue weighted by Gasteiger charge is 2.30. The molecule has 0 aliphatic rings. The zero-order chi connectivity index (χ0) is 12.6. The molecule has 2 atom stereocenters. The van der Waals surface area contributed by atoms with Crippen LogP contribution in [0.5, 0.6) is 0 Å². The molecule has 0 heterocycles. The predicted octanol–water partition coefficient (Wildman–Crippen LogP) is 1.16. The van der Waals surface area contributed by atoms with E-state index in [1.54, 1.807) is 0 Å². The van der Waals surface area contributed by atoms with E-state index in [0.717, 1.165) is 12.8 Å². The fourth-order valence-corrected chi connectivity index (χ4v) is 1.35. The first-order valence-corrected chi connectivity index (χ1v) is 5.69. The standard InChI is InChI=1S/C11H21NO4/c1-3-5-7-16-11(15)8(6-4-2)9(12)10(13)14/h8-9H,3-7,12H2,1-2H3,(H,13,14)/t8?,9-/m0/s1. The molecule has 5 heteroatoms. The van der Waals surface area contributed by atoms with E-state index in [1.807, 2.05) is 13.8 Å². The van der Waals surface area contributed by atoms with Crippen molar-refractivity contribution in [1.82, 2.24) is 0 Å². The second kappa shape index (κ2) is 8.10. The Morgan fingerprint density at radius 1 is 1.31 bits per heavy atom. The van der Waals surface area contributed by atoms with Crippen molar-refractivity contribution in [3.05, 3.63) is 0 Å². The Labute approximate surface area is 96.0 Å². The zero-order valence-corrected chi connectivity index (χ0v) is 9.94. The van der Waals surface area contributed by atoms with E-state index in [-0.39, 0.29) is 0 Å². The topological polar surface area (TPSA) is 89.6 Å². The molecular weight excluding hydrogens is 210 g/mol. The van der Waals surface area contributed by atoms with Gasteiger partial charge in [0.2, 0.25) is 0 Å². The van der Waals surface area contributed by atoms with Crippen LogP contribution in [0.4, 0.5) is 0 Å². The van der Waals surface area contributed by atoms with Gasteiger partial charge in [0.1, 0.15) is 6.04 Å². The van der Waals surface area contributed by atoms with Crippen LogP contribution in [0, 0.1) is 5.92 Å². The Morgan fingerprint density at radius 2 is 1.94 bits per heavy atom. The minimum absolute atomic E-state index is 0.335. The van der Waals surface area contributed by atoms with Gasteiger partial charge in [-0.15, -0.1) is 0 Å². The van der Waals surface area contributed by atoms with Crippen molar-refractivity contribution in [2.45, 2.75) is 45.6 Å². The fourth-order valence-electron chi connectivity index (χ4n) is 1.35. The molecule has 5 nitrogen and oxygen atoms in total. The van der Waals surface area contributed by atoms with Gasteiger partial charge in [-0.25, -0.2) is 0 Å². The summed E-state index contributed by atoms with van der Waals surface area (Å²) in [5.41, 5.74) is 5.45. The van der Waals surface area contributed by atoms with Gasteiger partial charge >= 0.3 is 11.9 Å². The molecule has 94 valence electrons. The molecule has 0 saturated heterocycles. The number of carboxylic acids is 1. The van der Waals surface area contributed by atoms with Gasteiger partial charge < -0.3 is 15.6 Å². The van der Waals surface area contributed by atoms with E-state index >= 15 is 0 Å². The molecule has 0 bridgehead atoms. The number of ether oxygens (including phenoxy) is 1. The van der Waals surface area contributed by atoms with Crippen LogP contribution in [-0.2, 0) is 14.3 Å². The highest BCUT2D eigenvalue weighted by atomic mass is 16.5. The van der Waals surface area contributed by atoms with Crippen molar-refractivity contribution in [3.8, 4) is 0 Å². The highest BCUT2D eigenvalue weighted by Crippen LogP contribution is 2.13. The molecule has 0 fully saturated rings. The molecule has 0 aromatic carbocycles. The quantitative estimate of drug-likeness (QED) is 0.483. The summed E-state index contributed by atoms with van der Waals surface area (Å²) in [5, 5.41) is 8.77. The van der Waals surface area contributed by atoms with Crippen molar-refractivity contribution in [2.75, 3.05) is 6.61 Å². The van der Waals surface area contributed by atoms with Gasteiger partial charge in [0.15, 0.2) is 0 Å². The number of hydrogen-bond acceptors (Lipinski definition) is 4. The number of esters is 1. The van der Waals surface area contributed by atoms with Crippen molar-refractivity contribution in [1.29, 1.82) is 0 Å². The van der Waals surface area contributed by atoms with Crippen LogP contribution in [0.2, 0.25) is 0 Å². The van der Waals surface area contributed by atoms with Crippen LogP contribution in [0.1, 0.15) is 39.5 Å². The number of hydrogen-bond donors (Lipinski definition) is 2. The predicted molar refractivity (Wildman–Crippen MR) is 59.9 cm³/mol. The lowest BCUT2D eigenvalue weighted by molar-refractivity contribution is -0.154. The van der Waals surface area contributed by atoms with Crippen LogP contribution in [0.15, 0.2) is 0 Å². The summed E-state index contributed by atoms with van der Waals surface area (Å²) in [6.45, 7) is 4.20. The van der Waals surface area contributed by atoms with Gasteiger partial charge in [-0.1, -0.05) is 26.7 Å². The zero-order valence-electron chi connectivity index (χ0n) is 9.94.